The van der Waals surface area contributed by atoms with E-state index < -0.39 is 48.5 Å². The van der Waals surface area contributed by atoms with Crippen LogP contribution in [0, 0.1) is 11.7 Å². The number of hydrogen-bond acceptors (Lipinski definition) is 9. The Labute approximate surface area is 225 Å². The van der Waals surface area contributed by atoms with Crippen molar-refractivity contribution in [1.82, 2.24) is 4.98 Å². The molecule has 0 N–H and O–H groups in total. The molecule has 0 spiro atoms. The van der Waals surface area contributed by atoms with Crippen molar-refractivity contribution in [3.8, 4) is 17.2 Å². The van der Waals surface area contributed by atoms with Gasteiger partial charge in [0.2, 0.25) is 6.79 Å². The maximum Gasteiger partial charge on any atom is 0.309 e. The third-order valence-electron chi connectivity index (χ3n) is 5.65. The Bertz CT molecular complexity index is 1270. The van der Waals surface area contributed by atoms with Crippen LogP contribution in [0.15, 0.2) is 66.9 Å². The smallest absolute Gasteiger partial charge is 0.309 e. The van der Waals surface area contributed by atoms with E-state index >= 15 is 0 Å². The average Bonchev–Trinajstić information content (AvgIpc) is 2.92. The van der Waals surface area contributed by atoms with Crippen molar-refractivity contribution in [1.29, 1.82) is 0 Å². The lowest BCUT2D eigenvalue weighted by Crippen LogP contribution is -2.30. The number of esters is 2. The fourth-order valence-electron chi connectivity index (χ4n) is 3.65. The molecule has 0 radical (unpaired) electrons. The van der Waals surface area contributed by atoms with E-state index in [1.54, 1.807) is 50.2 Å². The molecule has 3 atom stereocenters. The normalized spacial score (nSPS) is 12.9. The highest BCUT2D eigenvalue weighted by atomic mass is 19.1. The van der Waals surface area contributed by atoms with Crippen molar-refractivity contribution in [3.05, 3.63) is 83.9 Å². The first-order valence-electron chi connectivity index (χ1n) is 12.2. The number of para-hydroxylation sites is 1. The summed E-state index contributed by atoms with van der Waals surface area (Å²) in [6.07, 6.45) is -0.389. The number of carbonyl (C=O) groups excluding carboxylic acids is 3. The number of benzene rings is 2. The summed E-state index contributed by atoms with van der Waals surface area (Å²) in [5, 5.41) is 0. The molecule has 0 amide bonds. The van der Waals surface area contributed by atoms with Gasteiger partial charge in [-0.2, -0.15) is 0 Å². The summed E-state index contributed by atoms with van der Waals surface area (Å²) in [6, 6.07) is 16.2. The number of methoxy groups -OCH3 is 1. The molecule has 0 unspecified atom stereocenters. The molecular weight excluding hydrogens is 509 g/mol. The van der Waals surface area contributed by atoms with Crippen LogP contribution in [0.4, 0.5) is 4.39 Å². The van der Waals surface area contributed by atoms with E-state index in [1.165, 1.54) is 38.4 Å². The van der Waals surface area contributed by atoms with Crippen LogP contribution in [-0.2, 0) is 19.1 Å². The van der Waals surface area contributed by atoms with Crippen molar-refractivity contribution in [2.45, 2.75) is 39.4 Å². The second-order valence-corrected chi connectivity index (χ2v) is 8.66. The third-order valence-corrected chi connectivity index (χ3v) is 5.65. The topological polar surface area (TPSA) is 110 Å². The lowest BCUT2D eigenvalue weighted by Gasteiger charge is -2.26. The second kappa shape index (κ2) is 13.9. The Morgan fingerprint density at radius 2 is 1.67 bits per heavy atom. The zero-order valence-corrected chi connectivity index (χ0v) is 22.1. The van der Waals surface area contributed by atoms with Gasteiger partial charge in [-0.25, -0.2) is 9.37 Å². The molecule has 3 aromatic rings. The Balaban J connectivity index is 1.72. The molecule has 10 heteroatoms. The fourth-order valence-corrected chi connectivity index (χ4v) is 3.65. The minimum Gasteiger partial charge on any atom is -0.493 e. The van der Waals surface area contributed by atoms with Crippen LogP contribution in [-0.4, -0.2) is 42.7 Å². The van der Waals surface area contributed by atoms with Gasteiger partial charge in [0.1, 0.15) is 17.7 Å². The molecule has 2 aromatic carbocycles. The fraction of sp³-hybridized carbons (Fsp3) is 0.310. The van der Waals surface area contributed by atoms with E-state index in [0.717, 1.165) is 0 Å². The molecule has 3 rings (SSSR count). The number of Topliss-reactive ketones (excluding diaryl/α,β-unsaturated/α-hetero) is 1. The van der Waals surface area contributed by atoms with E-state index in [0.29, 0.717) is 11.3 Å². The van der Waals surface area contributed by atoms with Crippen molar-refractivity contribution < 1.29 is 42.5 Å². The molecule has 0 saturated heterocycles. The van der Waals surface area contributed by atoms with Crippen LogP contribution < -0.4 is 14.2 Å². The SMILES string of the molecule is COc1ccnc(C(=O)C[C@@H](C)C(=O)O[C@@H](C)[C@H](Oc2ccccc2)c2ccc(F)cc2)c1OCOC(C)=O. The highest BCUT2D eigenvalue weighted by molar-refractivity contribution is 5.99. The Hall–Kier alpha value is -4.47. The van der Waals surface area contributed by atoms with Gasteiger partial charge in [0, 0.05) is 25.6 Å². The second-order valence-electron chi connectivity index (χ2n) is 8.66. The molecule has 0 bridgehead atoms. The van der Waals surface area contributed by atoms with Gasteiger partial charge in [-0.3, -0.25) is 14.4 Å². The van der Waals surface area contributed by atoms with Crippen LogP contribution in [0.2, 0.25) is 0 Å². The first-order chi connectivity index (χ1) is 18.7. The first kappa shape index (κ1) is 29.1. The molecular formula is C29H30FNO8. The van der Waals surface area contributed by atoms with Crippen molar-refractivity contribution in [3.63, 3.8) is 0 Å². The third kappa shape index (κ3) is 8.26. The predicted octanol–water partition coefficient (Wildman–Crippen LogP) is 5.09. The largest absolute Gasteiger partial charge is 0.493 e. The maximum atomic E-state index is 13.5. The highest BCUT2D eigenvalue weighted by Crippen LogP contribution is 2.32. The van der Waals surface area contributed by atoms with Gasteiger partial charge in [0.05, 0.1) is 13.0 Å². The minimum atomic E-state index is -0.847. The van der Waals surface area contributed by atoms with Crippen LogP contribution in [0.3, 0.4) is 0 Å². The monoisotopic (exact) mass is 539 g/mol. The number of rotatable bonds is 13. The molecule has 0 aliphatic heterocycles. The number of aromatic nitrogens is 1. The van der Waals surface area contributed by atoms with Gasteiger partial charge in [-0.1, -0.05) is 37.3 Å². The van der Waals surface area contributed by atoms with E-state index in [1.807, 2.05) is 6.07 Å². The van der Waals surface area contributed by atoms with Crippen molar-refractivity contribution in [2.75, 3.05) is 13.9 Å². The van der Waals surface area contributed by atoms with Gasteiger partial charge in [-0.05, 0) is 36.8 Å². The molecule has 0 aliphatic rings. The summed E-state index contributed by atoms with van der Waals surface area (Å²) in [7, 11) is 1.39. The molecule has 206 valence electrons. The van der Waals surface area contributed by atoms with Gasteiger partial charge >= 0.3 is 11.9 Å². The van der Waals surface area contributed by atoms with Gasteiger partial charge < -0.3 is 23.7 Å². The summed E-state index contributed by atoms with van der Waals surface area (Å²) >= 11 is 0. The Morgan fingerprint density at radius 1 is 0.974 bits per heavy atom. The van der Waals surface area contributed by atoms with E-state index in [-0.39, 0.29) is 23.6 Å². The van der Waals surface area contributed by atoms with Crippen LogP contribution in [0.1, 0.15) is 49.3 Å². The highest BCUT2D eigenvalue weighted by Gasteiger charge is 2.29. The standard InChI is InChI=1S/C29H30FNO8/c1-18(16-24(33)26-28(37-17-36-20(3)32)25(35-4)14-15-31-26)29(34)38-19(2)27(21-10-12-22(30)13-11-21)39-23-8-6-5-7-9-23/h5-15,18-19,27H,16-17H2,1-4H3/t18-,19+,27+/m1/s1. The molecule has 39 heavy (non-hydrogen) atoms. The molecule has 9 nitrogen and oxygen atoms in total. The number of pyridine rings is 1. The number of ether oxygens (including phenoxy) is 5. The maximum absolute atomic E-state index is 13.5. The van der Waals surface area contributed by atoms with Gasteiger partial charge in [0.15, 0.2) is 29.1 Å². The summed E-state index contributed by atoms with van der Waals surface area (Å²) in [5.41, 5.74) is 0.533. The first-order valence-corrected chi connectivity index (χ1v) is 12.2. The molecule has 0 fully saturated rings. The number of halogens is 1. The van der Waals surface area contributed by atoms with Gasteiger partial charge in [-0.15, -0.1) is 0 Å². The lowest BCUT2D eigenvalue weighted by atomic mass is 10.0. The zero-order valence-electron chi connectivity index (χ0n) is 22.1. The van der Waals surface area contributed by atoms with E-state index in [4.69, 9.17) is 23.7 Å². The Kier molecular flexibility index (Phi) is 10.4. The summed E-state index contributed by atoms with van der Waals surface area (Å²) in [6.45, 7) is 3.99. The number of carbonyl (C=O) groups is 3. The molecule has 1 heterocycles. The summed E-state index contributed by atoms with van der Waals surface area (Å²) < 4.78 is 40.8. The summed E-state index contributed by atoms with van der Waals surface area (Å²) in [4.78, 5) is 41.2. The van der Waals surface area contributed by atoms with Crippen molar-refractivity contribution >= 4 is 17.7 Å². The number of ketones is 1. The van der Waals surface area contributed by atoms with Crippen LogP contribution in [0.5, 0.6) is 17.2 Å². The molecule has 0 aliphatic carbocycles. The summed E-state index contributed by atoms with van der Waals surface area (Å²) in [5.74, 6) is -2.20. The average molecular weight is 540 g/mol. The van der Waals surface area contributed by atoms with Crippen molar-refractivity contribution in [2.24, 2.45) is 5.92 Å². The zero-order chi connectivity index (χ0) is 28.4. The predicted molar refractivity (Wildman–Crippen MR) is 138 cm³/mol. The quantitative estimate of drug-likeness (QED) is 0.167. The Morgan fingerprint density at radius 3 is 2.31 bits per heavy atom. The molecule has 0 saturated carbocycles. The van der Waals surface area contributed by atoms with E-state index in [9.17, 15) is 18.8 Å². The van der Waals surface area contributed by atoms with Crippen LogP contribution in [0.25, 0.3) is 0 Å². The number of hydrogen-bond donors (Lipinski definition) is 0. The number of nitrogens with zero attached hydrogens (tertiary/aromatic N) is 1. The minimum absolute atomic E-state index is 0.00665. The van der Waals surface area contributed by atoms with Crippen LogP contribution >= 0.6 is 0 Å². The van der Waals surface area contributed by atoms with E-state index in [2.05, 4.69) is 4.98 Å². The van der Waals surface area contributed by atoms with Gasteiger partial charge in [0.25, 0.3) is 0 Å². The molecule has 1 aromatic heterocycles. The lowest BCUT2D eigenvalue weighted by molar-refractivity contribution is -0.157.